The molecule has 0 bridgehead atoms. The number of nitrogens with two attached hydrogens (primary N) is 1. The second-order valence-corrected chi connectivity index (χ2v) is 4.76. The summed E-state index contributed by atoms with van der Waals surface area (Å²) in [7, 11) is 3.05. The minimum absolute atomic E-state index is 1.14. The van der Waals surface area contributed by atoms with E-state index in [9.17, 15) is 0 Å². The smallest absolute Gasteiger partial charge is 0.405 e. The summed E-state index contributed by atoms with van der Waals surface area (Å²) in [4.78, 5) is 0. The highest BCUT2D eigenvalue weighted by Gasteiger charge is 2.04. The van der Waals surface area contributed by atoms with Crippen LogP contribution in [0.4, 0.5) is 0 Å². The van der Waals surface area contributed by atoms with Crippen molar-refractivity contribution in [3.8, 4) is 0 Å². The van der Waals surface area contributed by atoms with Crippen LogP contribution in [0.25, 0.3) is 6.08 Å². The number of hydrogen-bond acceptors (Lipinski definition) is 4. The van der Waals surface area contributed by atoms with Gasteiger partial charge in [0.1, 0.15) is 0 Å². The van der Waals surface area contributed by atoms with Crippen LogP contribution in [-0.2, 0) is 13.3 Å². The van der Waals surface area contributed by atoms with Crippen molar-refractivity contribution in [2.45, 2.75) is 0 Å². The van der Waals surface area contributed by atoms with Gasteiger partial charge in [-0.25, -0.2) is 0 Å². The summed E-state index contributed by atoms with van der Waals surface area (Å²) in [6.07, 6.45) is 3.40. The Kier molecular flexibility index (Phi) is 9.64. The summed E-state index contributed by atoms with van der Waals surface area (Å²) in [5.74, 6) is 0. The Bertz CT molecular complexity index is 270. The predicted octanol–water partition coefficient (Wildman–Crippen LogP) is 1.26. The zero-order chi connectivity index (χ0) is 12.2. The normalized spacial score (nSPS) is 10.2. The van der Waals surface area contributed by atoms with Crippen LogP contribution in [0.5, 0.6) is 0 Å². The third-order valence-corrected chi connectivity index (χ3v) is 2.82. The molecule has 0 fully saturated rings. The van der Waals surface area contributed by atoms with Gasteiger partial charge in [-0.15, -0.1) is 0 Å². The summed E-state index contributed by atoms with van der Waals surface area (Å²) in [5.41, 5.74) is 6.32. The van der Waals surface area contributed by atoms with Crippen LogP contribution >= 0.6 is 0 Å². The van der Waals surface area contributed by atoms with Crippen LogP contribution in [0.3, 0.4) is 0 Å². The van der Waals surface area contributed by atoms with E-state index < -0.39 is 9.53 Å². The molecule has 0 aliphatic rings. The first kappa shape index (κ1) is 14.9. The van der Waals surface area contributed by atoms with Gasteiger partial charge in [0.25, 0.3) is 0 Å². The van der Waals surface area contributed by atoms with Crippen LogP contribution in [0.2, 0.25) is 0 Å². The zero-order valence-electron chi connectivity index (χ0n) is 9.92. The van der Waals surface area contributed by atoms with Gasteiger partial charge in [-0.3, -0.25) is 0 Å². The van der Waals surface area contributed by atoms with Crippen molar-refractivity contribution in [2.75, 3.05) is 21.3 Å². The highest BCUT2D eigenvalue weighted by molar-refractivity contribution is 6.36. The van der Waals surface area contributed by atoms with E-state index in [1.54, 1.807) is 21.3 Å². The average molecular weight is 241 g/mol. The third kappa shape index (κ3) is 7.19. The molecule has 0 saturated heterocycles. The standard InChI is InChI=1S/C8H9N.C3H10O3Si/c9-7-6-8-4-2-1-3-5-8;1-4-7(5-2)6-3/h1-7H,9H2;7H,1-3H3. The van der Waals surface area contributed by atoms with Gasteiger partial charge >= 0.3 is 9.53 Å². The van der Waals surface area contributed by atoms with Crippen molar-refractivity contribution in [3.63, 3.8) is 0 Å². The van der Waals surface area contributed by atoms with E-state index in [0.29, 0.717) is 0 Å². The molecule has 0 spiro atoms. The largest absolute Gasteiger partial charge is 0.483 e. The molecule has 0 amide bonds. The number of rotatable bonds is 4. The average Bonchev–Trinajstić information content (AvgIpc) is 2.34. The maximum atomic E-state index is 5.18. The quantitative estimate of drug-likeness (QED) is 0.806. The molecule has 0 unspecified atom stereocenters. The van der Waals surface area contributed by atoms with Gasteiger partial charge in [-0.2, -0.15) is 0 Å². The second-order valence-electron chi connectivity index (χ2n) is 2.77. The van der Waals surface area contributed by atoms with E-state index in [1.165, 1.54) is 6.20 Å². The van der Waals surface area contributed by atoms with Gasteiger partial charge in [0.15, 0.2) is 0 Å². The summed E-state index contributed by atoms with van der Waals surface area (Å²) >= 11 is 0. The Labute approximate surface area is 98.6 Å². The van der Waals surface area contributed by atoms with E-state index in [4.69, 9.17) is 19.0 Å². The van der Waals surface area contributed by atoms with Crippen LogP contribution < -0.4 is 5.73 Å². The molecule has 1 aromatic rings. The Balaban J connectivity index is 0.000000293. The first-order chi connectivity index (χ1) is 7.78. The molecule has 4 nitrogen and oxygen atoms in total. The summed E-state index contributed by atoms with van der Waals surface area (Å²) in [5, 5.41) is 0. The molecule has 0 aliphatic carbocycles. The van der Waals surface area contributed by atoms with Crippen molar-refractivity contribution >= 4 is 15.6 Å². The molecule has 2 N–H and O–H groups in total. The van der Waals surface area contributed by atoms with Crippen LogP contribution in [0.1, 0.15) is 5.56 Å². The Morgan fingerprint density at radius 3 is 1.81 bits per heavy atom. The highest BCUT2D eigenvalue weighted by atomic mass is 28.3. The van der Waals surface area contributed by atoms with Crippen molar-refractivity contribution in [2.24, 2.45) is 5.73 Å². The molecule has 0 radical (unpaired) electrons. The molecule has 0 heterocycles. The predicted molar refractivity (Wildman–Crippen MR) is 67.8 cm³/mol. The Morgan fingerprint density at radius 1 is 1.00 bits per heavy atom. The fraction of sp³-hybridized carbons (Fsp3) is 0.273. The molecule has 0 aromatic heterocycles. The lowest BCUT2D eigenvalue weighted by Gasteiger charge is -2.05. The van der Waals surface area contributed by atoms with Gasteiger partial charge in [-0.05, 0) is 17.8 Å². The van der Waals surface area contributed by atoms with Gasteiger partial charge in [0, 0.05) is 21.3 Å². The van der Waals surface area contributed by atoms with E-state index in [0.717, 1.165) is 5.56 Å². The van der Waals surface area contributed by atoms with Crippen molar-refractivity contribution < 1.29 is 13.3 Å². The van der Waals surface area contributed by atoms with Crippen LogP contribution in [0.15, 0.2) is 36.5 Å². The monoisotopic (exact) mass is 241 g/mol. The minimum atomic E-state index is -1.67. The fourth-order valence-corrected chi connectivity index (χ4v) is 1.54. The Morgan fingerprint density at radius 2 is 1.50 bits per heavy atom. The van der Waals surface area contributed by atoms with E-state index in [-0.39, 0.29) is 0 Å². The SMILES string of the molecule is CO[SiH](OC)OC.NC=Cc1ccccc1. The lowest BCUT2D eigenvalue weighted by molar-refractivity contribution is 0.163. The molecule has 1 aromatic carbocycles. The van der Waals surface area contributed by atoms with Crippen LogP contribution in [0, 0.1) is 0 Å². The number of benzene rings is 1. The number of hydrogen-bond donors (Lipinski definition) is 1. The maximum absolute atomic E-state index is 5.18. The van der Waals surface area contributed by atoms with Crippen molar-refractivity contribution in [1.29, 1.82) is 0 Å². The molecule has 90 valence electrons. The molecule has 0 saturated carbocycles. The molecule has 16 heavy (non-hydrogen) atoms. The maximum Gasteiger partial charge on any atom is 0.483 e. The molecule has 5 heteroatoms. The summed E-state index contributed by atoms with van der Waals surface area (Å²) in [6, 6.07) is 9.95. The van der Waals surface area contributed by atoms with Gasteiger partial charge in [0.2, 0.25) is 0 Å². The fourth-order valence-electron chi connectivity index (χ4n) is 0.964. The zero-order valence-corrected chi connectivity index (χ0v) is 11.1. The lowest BCUT2D eigenvalue weighted by atomic mass is 10.2. The van der Waals surface area contributed by atoms with Gasteiger partial charge < -0.3 is 19.0 Å². The van der Waals surface area contributed by atoms with E-state index in [1.807, 2.05) is 36.4 Å². The second kappa shape index (κ2) is 10.4. The molecule has 1 rings (SSSR count). The van der Waals surface area contributed by atoms with E-state index >= 15 is 0 Å². The molecule has 0 aliphatic heterocycles. The lowest BCUT2D eigenvalue weighted by Crippen LogP contribution is -2.21. The Hall–Kier alpha value is -1.14. The first-order valence-electron chi connectivity index (χ1n) is 4.80. The van der Waals surface area contributed by atoms with Crippen molar-refractivity contribution in [3.05, 3.63) is 42.1 Å². The van der Waals surface area contributed by atoms with Gasteiger partial charge in [0.05, 0.1) is 0 Å². The van der Waals surface area contributed by atoms with Crippen LogP contribution in [-0.4, -0.2) is 30.9 Å². The topological polar surface area (TPSA) is 53.7 Å². The summed E-state index contributed by atoms with van der Waals surface area (Å²) in [6.45, 7) is 0. The van der Waals surface area contributed by atoms with Gasteiger partial charge in [-0.1, -0.05) is 30.3 Å². The molecular formula is C11H19NO3Si. The highest BCUT2D eigenvalue weighted by Crippen LogP contribution is 1.98. The minimum Gasteiger partial charge on any atom is -0.405 e. The first-order valence-corrected chi connectivity index (χ1v) is 6.21. The van der Waals surface area contributed by atoms with E-state index in [2.05, 4.69) is 0 Å². The molecule has 0 atom stereocenters. The summed E-state index contributed by atoms with van der Waals surface area (Å²) < 4.78 is 14.2. The van der Waals surface area contributed by atoms with Crippen molar-refractivity contribution in [1.82, 2.24) is 0 Å². The molecular weight excluding hydrogens is 222 g/mol. The third-order valence-electron chi connectivity index (χ3n) is 1.67.